The second-order valence-electron chi connectivity index (χ2n) is 4.61. The van der Waals surface area contributed by atoms with Gasteiger partial charge in [-0.3, -0.25) is 4.68 Å². The third-order valence-electron chi connectivity index (χ3n) is 3.25. The van der Waals surface area contributed by atoms with E-state index in [2.05, 4.69) is 17.3 Å². The lowest BCUT2D eigenvalue weighted by Gasteiger charge is -2.07. The Morgan fingerprint density at radius 1 is 1.21 bits per heavy atom. The molecule has 0 aliphatic rings. The van der Waals surface area contributed by atoms with Gasteiger partial charge in [0.25, 0.3) is 0 Å². The molecular weight excluding hydrogens is 238 g/mol. The Kier molecular flexibility index (Phi) is 4.58. The molecule has 2 rings (SSSR count). The van der Waals surface area contributed by atoms with Crippen LogP contribution in [0.5, 0.6) is 5.75 Å². The summed E-state index contributed by atoms with van der Waals surface area (Å²) < 4.78 is 7.55. The predicted molar refractivity (Wildman–Crippen MR) is 76.3 cm³/mol. The summed E-state index contributed by atoms with van der Waals surface area (Å²) in [5.74, 6) is 0.915. The third kappa shape index (κ3) is 3.58. The van der Waals surface area contributed by atoms with Crippen LogP contribution in [-0.2, 0) is 13.6 Å². The third-order valence-corrected chi connectivity index (χ3v) is 3.25. The zero-order valence-corrected chi connectivity index (χ0v) is 11.8. The number of hydrogen-bond acceptors (Lipinski definition) is 3. The minimum Gasteiger partial charge on any atom is -0.492 e. The van der Waals surface area contributed by atoms with Crippen LogP contribution in [0.2, 0.25) is 0 Å². The fraction of sp³-hybridized carbons (Fsp3) is 0.400. The van der Waals surface area contributed by atoms with E-state index in [1.807, 2.05) is 49.0 Å². The highest BCUT2D eigenvalue weighted by Crippen LogP contribution is 2.11. The second kappa shape index (κ2) is 6.38. The highest BCUT2D eigenvalue weighted by Gasteiger charge is 2.07. The van der Waals surface area contributed by atoms with Crippen LogP contribution in [0, 0.1) is 13.8 Å². The van der Waals surface area contributed by atoms with E-state index in [1.54, 1.807) is 0 Å². The minimum atomic E-state index is 0.669. The lowest BCUT2D eigenvalue weighted by Crippen LogP contribution is -2.21. The van der Waals surface area contributed by atoms with Gasteiger partial charge in [-0.15, -0.1) is 0 Å². The Labute approximate surface area is 114 Å². The Morgan fingerprint density at radius 3 is 2.58 bits per heavy atom. The summed E-state index contributed by atoms with van der Waals surface area (Å²) >= 11 is 0. The Balaban J connectivity index is 1.72. The van der Waals surface area contributed by atoms with Crippen LogP contribution >= 0.6 is 0 Å². The highest BCUT2D eigenvalue weighted by molar-refractivity contribution is 5.24. The summed E-state index contributed by atoms with van der Waals surface area (Å²) in [4.78, 5) is 0. The number of aromatic nitrogens is 2. The van der Waals surface area contributed by atoms with Crippen LogP contribution in [0.25, 0.3) is 0 Å². The van der Waals surface area contributed by atoms with Gasteiger partial charge >= 0.3 is 0 Å². The first-order valence-corrected chi connectivity index (χ1v) is 6.56. The fourth-order valence-electron chi connectivity index (χ4n) is 2.04. The molecule has 0 unspecified atom stereocenters. The normalized spacial score (nSPS) is 10.7. The van der Waals surface area contributed by atoms with Crippen molar-refractivity contribution in [3.05, 3.63) is 47.3 Å². The molecule has 1 aromatic heterocycles. The van der Waals surface area contributed by atoms with Gasteiger partial charge in [-0.25, -0.2) is 0 Å². The highest BCUT2D eigenvalue weighted by atomic mass is 16.5. The average Bonchev–Trinajstić information content (AvgIpc) is 2.65. The number of para-hydroxylation sites is 1. The summed E-state index contributed by atoms with van der Waals surface area (Å²) in [6, 6.07) is 9.88. The molecule has 0 spiro atoms. The van der Waals surface area contributed by atoms with Gasteiger partial charge in [-0.05, 0) is 26.0 Å². The van der Waals surface area contributed by atoms with E-state index in [-0.39, 0.29) is 0 Å². The molecular formula is C15H21N3O. The fourth-order valence-corrected chi connectivity index (χ4v) is 2.04. The van der Waals surface area contributed by atoms with Crippen molar-refractivity contribution in [2.75, 3.05) is 13.2 Å². The van der Waals surface area contributed by atoms with Gasteiger partial charge < -0.3 is 10.1 Å². The van der Waals surface area contributed by atoms with E-state index in [0.29, 0.717) is 6.61 Å². The van der Waals surface area contributed by atoms with Gasteiger partial charge in [0.2, 0.25) is 0 Å². The zero-order chi connectivity index (χ0) is 13.7. The average molecular weight is 259 g/mol. The molecule has 0 atom stereocenters. The van der Waals surface area contributed by atoms with E-state index in [4.69, 9.17) is 4.74 Å². The van der Waals surface area contributed by atoms with E-state index in [1.165, 1.54) is 11.3 Å². The molecule has 0 bridgehead atoms. The Hall–Kier alpha value is -1.81. The summed E-state index contributed by atoms with van der Waals surface area (Å²) in [7, 11) is 1.98. The van der Waals surface area contributed by atoms with Crippen molar-refractivity contribution in [1.82, 2.24) is 15.1 Å². The first kappa shape index (κ1) is 13.6. The van der Waals surface area contributed by atoms with Crippen molar-refractivity contribution in [1.29, 1.82) is 0 Å². The molecule has 19 heavy (non-hydrogen) atoms. The number of rotatable bonds is 6. The smallest absolute Gasteiger partial charge is 0.119 e. The van der Waals surface area contributed by atoms with Crippen molar-refractivity contribution in [2.24, 2.45) is 7.05 Å². The second-order valence-corrected chi connectivity index (χ2v) is 4.61. The number of benzene rings is 1. The monoisotopic (exact) mass is 259 g/mol. The molecule has 2 aromatic rings. The Bertz CT molecular complexity index is 520. The topological polar surface area (TPSA) is 39.1 Å². The lowest BCUT2D eigenvalue weighted by atomic mass is 10.2. The molecule has 0 radical (unpaired) electrons. The lowest BCUT2D eigenvalue weighted by molar-refractivity contribution is 0.313. The molecule has 4 nitrogen and oxygen atoms in total. The quantitative estimate of drug-likeness (QED) is 0.808. The number of nitrogens with zero attached hydrogens (tertiary/aromatic N) is 2. The molecule has 1 N–H and O–H groups in total. The van der Waals surface area contributed by atoms with Crippen molar-refractivity contribution >= 4 is 0 Å². The van der Waals surface area contributed by atoms with Gasteiger partial charge in [-0.1, -0.05) is 18.2 Å². The first-order valence-electron chi connectivity index (χ1n) is 6.56. The van der Waals surface area contributed by atoms with E-state index in [9.17, 15) is 0 Å². The molecule has 0 amide bonds. The van der Waals surface area contributed by atoms with E-state index < -0.39 is 0 Å². The van der Waals surface area contributed by atoms with E-state index >= 15 is 0 Å². The predicted octanol–water partition coefficient (Wildman–Crippen LogP) is 2.21. The van der Waals surface area contributed by atoms with Crippen LogP contribution in [0.15, 0.2) is 30.3 Å². The molecule has 0 saturated carbocycles. The standard InChI is InChI=1S/C15H21N3O/c1-12-15(13(2)18(3)17-12)11-16-9-10-19-14-7-5-4-6-8-14/h4-8,16H,9-11H2,1-3H3. The van der Waals surface area contributed by atoms with Gasteiger partial charge in [-0.2, -0.15) is 5.10 Å². The SMILES string of the molecule is Cc1nn(C)c(C)c1CNCCOc1ccccc1. The molecule has 1 aromatic carbocycles. The van der Waals surface area contributed by atoms with Gasteiger partial charge in [0.15, 0.2) is 0 Å². The van der Waals surface area contributed by atoms with Crippen LogP contribution in [0.4, 0.5) is 0 Å². The van der Waals surface area contributed by atoms with Crippen molar-refractivity contribution in [3.63, 3.8) is 0 Å². The zero-order valence-electron chi connectivity index (χ0n) is 11.8. The van der Waals surface area contributed by atoms with Crippen LogP contribution < -0.4 is 10.1 Å². The Morgan fingerprint density at radius 2 is 1.95 bits per heavy atom. The van der Waals surface area contributed by atoms with Gasteiger partial charge in [0.1, 0.15) is 12.4 Å². The molecule has 102 valence electrons. The number of aryl methyl sites for hydroxylation is 2. The summed E-state index contributed by atoms with van der Waals surface area (Å²) in [6.45, 7) is 6.47. The van der Waals surface area contributed by atoms with Gasteiger partial charge in [0.05, 0.1) is 5.69 Å². The summed E-state index contributed by atoms with van der Waals surface area (Å²) in [5, 5.41) is 7.79. The molecule has 1 heterocycles. The maximum Gasteiger partial charge on any atom is 0.119 e. The van der Waals surface area contributed by atoms with E-state index in [0.717, 1.165) is 24.5 Å². The van der Waals surface area contributed by atoms with Crippen molar-refractivity contribution in [3.8, 4) is 5.75 Å². The number of ether oxygens (including phenoxy) is 1. The first-order chi connectivity index (χ1) is 9.18. The maximum absolute atomic E-state index is 5.63. The van der Waals surface area contributed by atoms with Gasteiger partial charge in [0, 0.05) is 31.4 Å². The molecule has 0 fully saturated rings. The van der Waals surface area contributed by atoms with Crippen molar-refractivity contribution < 1.29 is 4.74 Å². The maximum atomic E-state index is 5.63. The van der Waals surface area contributed by atoms with Crippen LogP contribution in [-0.4, -0.2) is 22.9 Å². The number of nitrogens with one attached hydrogen (secondary N) is 1. The van der Waals surface area contributed by atoms with Crippen LogP contribution in [0.1, 0.15) is 17.0 Å². The largest absolute Gasteiger partial charge is 0.492 e. The minimum absolute atomic E-state index is 0.669. The molecule has 0 aliphatic heterocycles. The molecule has 4 heteroatoms. The van der Waals surface area contributed by atoms with Crippen molar-refractivity contribution in [2.45, 2.75) is 20.4 Å². The number of hydrogen-bond donors (Lipinski definition) is 1. The summed E-state index contributed by atoms with van der Waals surface area (Å²) in [5.41, 5.74) is 3.59. The summed E-state index contributed by atoms with van der Waals surface area (Å²) in [6.07, 6.45) is 0. The molecule has 0 aliphatic carbocycles. The van der Waals surface area contributed by atoms with Crippen LogP contribution in [0.3, 0.4) is 0 Å². The molecule has 0 saturated heterocycles.